The van der Waals surface area contributed by atoms with Crippen molar-refractivity contribution in [1.29, 1.82) is 0 Å². The summed E-state index contributed by atoms with van der Waals surface area (Å²) in [4.78, 5) is 4.06. The molecule has 1 N–H and O–H groups in total. The number of nitrogens with zero attached hydrogens (tertiary/aromatic N) is 1. The number of hydrogen-bond acceptors (Lipinski definition) is 4. The van der Waals surface area contributed by atoms with E-state index in [2.05, 4.69) is 4.84 Å². The Kier molecular flexibility index (Phi) is 0.966. The fourth-order valence-corrected chi connectivity index (χ4v) is 0.581. The minimum absolute atomic E-state index is 0.634. The predicted molar refractivity (Wildman–Crippen MR) is 23.2 cm³/mol. The summed E-state index contributed by atoms with van der Waals surface area (Å²) in [6.45, 7) is 0. The van der Waals surface area contributed by atoms with E-state index in [1.165, 1.54) is 5.41 Å². The van der Waals surface area contributed by atoms with Crippen LogP contribution in [0.5, 0.6) is 0 Å². The second-order valence-corrected chi connectivity index (χ2v) is 1.90. The Labute approximate surface area is 44.2 Å². The minimum Gasteiger partial charge on any atom is -0.542 e. The maximum atomic E-state index is 10.1. The highest BCUT2D eigenvalue weighted by Crippen LogP contribution is 2.25. The van der Waals surface area contributed by atoms with E-state index in [0.29, 0.717) is 11.9 Å². The molecule has 0 aliphatic carbocycles. The Bertz CT molecular complexity index is 91.1. The lowest BCUT2D eigenvalue weighted by molar-refractivity contribution is -1.10. The van der Waals surface area contributed by atoms with Crippen LogP contribution < -0.4 is 0 Å². The highest BCUT2D eigenvalue weighted by atomic mass is 32.2. The monoisotopic (exact) mass is 121 g/mol. The number of hydrogen-bond donors (Lipinski definition) is 1. The summed E-state index contributed by atoms with van der Waals surface area (Å²) >= 11 is 0.634. The molecule has 1 aliphatic rings. The van der Waals surface area contributed by atoms with E-state index in [0.717, 1.165) is 6.26 Å². The summed E-state index contributed by atoms with van der Waals surface area (Å²) in [7, 11) is 0. The first-order valence-electron chi connectivity index (χ1n) is 1.55. The van der Waals surface area contributed by atoms with Crippen molar-refractivity contribution < 1.29 is 14.4 Å². The lowest BCUT2D eigenvalue weighted by Crippen LogP contribution is -2.23. The lowest BCUT2D eigenvalue weighted by atomic mass is 11.2. The zero-order valence-electron chi connectivity index (χ0n) is 3.27. The molecule has 1 rings (SSSR count). The SMILES string of the molecule is [O-][N+]1(O)OC=CS1. The van der Waals surface area contributed by atoms with Crippen molar-refractivity contribution in [3.63, 3.8) is 0 Å². The van der Waals surface area contributed by atoms with Gasteiger partial charge in [-0.25, -0.2) is 0 Å². The Morgan fingerprint density at radius 1 is 1.86 bits per heavy atom. The molecule has 5 heteroatoms. The molecule has 0 amide bonds. The fourth-order valence-electron chi connectivity index (χ4n) is 0.228. The molecule has 0 aromatic heterocycles. The van der Waals surface area contributed by atoms with Gasteiger partial charge in [0.15, 0.2) is 18.2 Å². The first-order valence-corrected chi connectivity index (χ1v) is 2.39. The van der Waals surface area contributed by atoms with Crippen molar-refractivity contribution in [2.45, 2.75) is 0 Å². The smallest absolute Gasteiger partial charge is 0.193 e. The van der Waals surface area contributed by atoms with Gasteiger partial charge in [0.2, 0.25) is 0 Å². The second-order valence-electron chi connectivity index (χ2n) is 0.952. The van der Waals surface area contributed by atoms with Gasteiger partial charge in [-0.3, -0.25) is 4.84 Å². The Balaban J connectivity index is 2.49. The molecule has 0 saturated carbocycles. The van der Waals surface area contributed by atoms with Crippen LogP contribution in [-0.2, 0) is 4.84 Å². The van der Waals surface area contributed by atoms with Gasteiger partial charge in [0.1, 0.15) is 0 Å². The van der Waals surface area contributed by atoms with E-state index in [4.69, 9.17) is 5.21 Å². The van der Waals surface area contributed by atoms with E-state index in [-0.39, 0.29) is 0 Å². The molecule has 1 atom stereocenters. The van der Waals surface area contributed by atoms with Gasteiger partial charge in [0.25, 0.3) is 0 Å². The minimum atomic E-state index is -1.69. The summed E-state index contributed by atoms with van der Waals surface area (Å²) in [6.07, 6.45) is 1.14. The highest BCUT2D eigenvalue weighted by molar-refractivity contribution is 7.96. The zero-order chi connectivity index (χ0) is 5.33. The fraction of sp³-hybridized carbons (Fsp3) is 0. The van der Waals surface area contributed by atoms with Crippen LogP contribution in [-0.4, -0.2) is 9.59 Å². The molecule has 0 fully saturated rings. The first-order chi connectivity index (χ1) is 3.21. The van der Waals surface area contributed by atoms with Gasteiger partial charge in [-0.05, 0) is 0 Å². The molecule has 1 unspecified atom stereocenters. The van der Waals surface area contributed by atoms with Crippen LogP contribution >= 0.6 is 11.9 Å². The number of rotatable bonds is 0. The zero-order valence-corrected chi connectivity index (χ0v) is 4.09. The highest BCUT2D eigenvalue weighted by Gasteiger charge is 2.19. The molecule has 7 heavy (non-hydrogen) atoms. The van der Waals surface area contributed by atoms with Crippen molar-refractivity contribution in [2.75, 3.05) is 0 Å². The Morgan fingerprint density at radius 2 is 2.57 bits per heavy atom. The molecule has 4 nitrogen and oxygen atoms in total. The predicted octanol–water partition coefficient (Wildman–Crippen LogP) is 0.755. The molecule has 1 heterocycles. The molecular formula is C2H3NO3S. The third-order valence-corrected chi connectivity index (χ3v) is 1.03. The van der Waals surface area contributed by atoms with Crippen LogP contribution in [0.25, 0.3) is 0 Å². The van der Waals surface area contributed by atoms with Crippen LogP contribution in [0.3, 0.4) is 0 Å². The lowest BCUT2D eigenvalue weighted by Gasteiger charge is -2.18. The van der Waals surface area contributed by atoms with Gasteiger partial charge in [0.05, 0.1) is 5.41 Å². The van der Waals surface area contributed by atoms with Crippen molar-refractivity contribution in [1.82, 2.24) is 0 Å². The van der Waals surface area contributed by atoms with E-state index >= 15 is 0 Å². The summed E-state index contributed by atoms with van der Waals surface area (Å²) in [5.74, 6) is 0. The summed E-state index contributed by atoms with van der Waals surface area (Å²) in [5, 5.41) is 19.7. The van der Waals surface area contributed by atoms with Crippen molar-refractivity contribution in [2.24, 2.45) is 0 Å². The first kappa shape index (κ1) is 4.92. The quantitative estimate of drug-likeness (QED) is 0.292. The molecular weight excluding hydrogens is 118 g/mol. The summed E-state index contributed by atoms with van der Waals surface area (Å²) < 4.78 is -1.69. The molecule has 0 spiro atoms. The van der Waals surface area contributed by atoms with Crippen molar-refractivity contribution in [3.8, 4) is 0 Å². The van der Waals surface area contributed by atoms with Crippen LogP contribution in [0.2, 0.25) is 0 Å². The molecule has 0 bridgehead atoms. The van der Waals surface area contributed by atoms with Crippen LogP contribution in [0.15, 0.2) is 11.7 Å². The third kappa shape index (κ3) is 1.07. The maximum Gasteiger partial charge on any atom is 0.193 e. The van der Waals surface area contributed by atoms with Gasteiger partial charge in [-0.1, -0.05) is 0 Å². The van der Waals surface area contributed by atoms with Crippen molar-refractivity contribution in [3.05, 3.63) is 16.9 Å². The Hall–Kier alpha value is -0.230. The van der Waals surface area contributed by atoms with E-state index in [1.54, 1.807) is 0 Å². The van der Waals surface area contributed by atoms with Crippen LogP contribution in [0, 0.1) is 5.21 Å². The van der Waals surface area contributed by atoms with Gasteiger partial charge < -0.3 is 5.21 Å². The third-order valence-electron chi connectivity index (χ3n) is 0.444. The normalized spacial score (nSPS) is 38.6. The number of quaternary nitrogens is 1. The standard InChI is InChI=1S/C2H3NO3S/c4-3(5)6-1-2-7-3/h1-2,4H. The Morgan fingerprint density at radius 3 is 2.71 bits per heavy atom. The summed E-state index contributed by atoms with van der Waals surface area (Å²) in [6, 6.07) is 0. The molecule has 1 aliphatic heterocycles. The molecule has 0 aromatic carbocycles. The average Bonchev–Trinajstić information content (AvgIpc) is 1.84. The molecule has 0 aromatic rings. The molecule has 0 saturated heterocycles. The molecule has 40 valence electrons. The van der Waals surface area contributed by atoms with E-state index < -0.39 is 4.38 Å². The van der Waals surface area contributed by atoms with Crippen LogP contribution in [0.4, 0.5) is 0 Å². The van der Waals surface area contributed by atoms with Gasteiger partial charge in [0, 0.05) is 4.38 Å². The average molecular weight is 121 g/mol. The van der Waals surface area contributed by atoms with Crippen LogP contribution in [0.1, 0.15) is 0 Å². The second kappa shape index (κ2) is 1.38. The topological polar surface area (TPSA) is 52.5 Å². The van der Waals surface area contributed by atoms with Gasteiger partial charge in [-0.15, -0.1) is 0 Å². The summed E-state index contributed by atoms with van der Waals surface area (Å²) in [5.41, 5.74) is 0. The van der Waals surface area contributed by atoms with Crippen molar-refractivity contribution >= 4 is 11.9 Å². The van der Waals surface area contributed by atoms with E-state index in [1.807, 2.05) is 0 Å². The largest absolute Gasteiger partial charge is 0.542 e. The van der Waals surface area contributed by atoms with Gasteiger partial charge in [-0.2, -0.15) is 5.21 Å². The maximum absolute atomic E-state index is 10.1. The van der Waals surface area contributed by atoms with Gasteiger partial charge >= 0.3 is 0 Å². The molecule has 0 radical (unpaired) electrons. The van der Waals surface area contributed by atoms with E-state index in [9.17, 15) is 5.21 Å².